The molecule has 1 saturated heterocycles. The molecule has 1 atom stereocenters. The molecule has 26 heavy (non-hydrogen) atoms. The number of nitrogens with zero attached hydrogens (tertiary/aromatic N) is 1. The van der Waals surface area contributed by atoms with Crippen LogP contribution in [0.4, 0.5) is 11.4 Å². The highest BCUT2D eigenvalue weighted by molar-refractivity contribution is 8.01. The Morgan fingerprint density at radius 2 is 1.92 bits per heavy atom. The molecule has 3 rings (SSSR count). The van der Waals surface area contributed by atoms with Crippen molar-refractivity contribution in [3.8, 4) is 0 Å². The number of anilines is 2. The Balaban J connectivity index is 1.60. The van der Waals surface area contributed by atoms with Crippen molar-refractivity contribution in [3.63, 3.8) is 0 Å². The van der Waals surface area contributed by atoms with Gasteiger partial charge >= 0.3 is 0 Å². The second kappa shape index (κ2) is 7.93. The fraction of sp³-hybridized carbons (Fsp3) is 0.211. The minimum Gasteiger partial charge on any atom is -0.325 e. The van der Waals surface area contributed by atoms with Gasteiger partial charge in [-0.1, -0.05) is 35.9 Å². The number of halogens is 1. The molecule has 0 bridgehead atoms. The topological polar surface area (TPSA) is 66.5 Å². The van der Waals surface area contributed by atoms with Crippen LogP contribution in [-0.4, -0.2) is 28.7 Å². The van der Waals surface area contributed by atoms with Crippen LogP contribution in [0.2, 0.25) is 5.02 Å². The molecule has 1 N–H and O–H groups in total. The predicted octanol–water partition coefficient (Wildman–Crippen LogP) is 3.65. The smallest absolute Gasteiger partial charge is 0.247 e. The maximum atomic E-state index is 12.5. The summed E-state index contributed by atoms with van der Waals surface area (Å²) in [5, 5.41) is 2.82. The Morgan fingerprint density at radius 3 is 2.65 bits per heavy atom. The van der Waals surface area contributed by atoms with Gasteiger partial charge in [-0.05, 0) is 36.8 Å². The van der Waals surface area contributed by atoms with Crippen LogP contribution in [0.1, 0.15) is 12.0 Å². The summed E-state index contributed by atoms with van der Waals surface area (Å²) in [6.45, 7) is 1.82. The van der Waals surface area contributed by atoms with Gasteiger partial charge in [-0.3, -0.25) is 14.4 Å². The van der Waals surface area contributed by atoms with Crippen LogP contribution in [0.5, 0.6) is 0 Å². The second-order valence-electron chi connectivity index (χ2n) is 5.87. The number of nitrogens with one attached hydrogen (secondary N) is 1. The predicted molar refractivity (Wildman–Crippen MR) is 105 cm³/mol. The van der Waals surface area contributed by atoms with Gasteiger partial charge in [0.25, 0.3) is 0 Å². The van der Waals surface area contributed by atoms with Crippen molar-refractivity contribution >= 4 is 52.5 Å². The molecule has 1 heterocycles. The number of carbonyl (C=O) groups is 3. The second-order valence-corrected chi connectivity index (χ2v) is 7.47. The molecule has 0 spiro atoms. The van der Waals surface area contributed by atoms with Gasteiger partial charge in [-0.25, -0.2) is 4.90 Å². The molecule has 0 aliphatic carbocycles. The highest BCUT2D eigenvalue weighted by Crippen LogP contribution is 2.30. The van der Waals surface area contributed by atoms with Gasteiger partial charge in [0.05, 0.1) is 16.7 Å². The monoisotopic (exact) mass is 388 g/mol. The molecule has 5 nitrogen and oxygen atoms in total. The van der Waals surface area contributed by atoms with E-state index in [4.69, 9.17) is 11.6 Å². The van der Waals surface area contributed by atoms with Crippen molar-refractivity contribution in [2.45, 2.75) is 18.6 Å². The van der Waals surface area contributed by atoms with Crippen molar-refractivity contribution in [1.82, 2.24) is 0 Å². The Bertz CT molecular complexity index is 857. The molecular weight excluding hydrogens is 372 g/mol. The van der Waals surface area contributed by atoms with Crippen LogP contribution < -0.4 is 10.2 Å². The van der Waals surface area contributed by atoms with E-state index in [2.05, 4.69) is 5.32 Å². The first-order chi connectivity index (χ1) is 12.5. The van der Waals surface area contributed by atoms with E-state index in [1.165, 1.54) is 16.7 Å². The van der Waals surface area contributed by atoms with Gasteiger partial charge in [0.15, 0.2) is 0 Å². The molecule has 1 aliphatic heterocycles. The minimum absolute atomic E-state index is 0.0816. The third-order valence-corrected chi connectivity index (χ3v) is 5.69. The Labute approximate surface area is 160 Å². The highest BCUT2D eigenvalue weighted by atomic mass is 35.5. The Kier molecular flexibility index (Phi) is 5.64. The van der Waals surface area contributed by atoms with E-state index in [-0.39, 0.29) is 29.9 Å². The van der Waals surface area contributed by atoms with Crippen molar-refractivity contribution in [2.75, 3.05) is 16.0 Å². The number of amides is 3. The first-order valence-corrected chi connectivity index (χ1v) is 9.48. The summed E-state index contributed by atoms with van der Waals surface area (Å²) < 4.78 is 0. The fourth-order valence-corrected chi connectivity index (χ4v) is 3.80. The van der Waals surface area contributed by atoms with Crippen molar-refractivity contribution in [1.29, 1.82) is 0 Å². The molecule has 7 heteroatoms. The molecule has 0 radical (unpaired) electrons. The van der Waals surface area contributed by atoms with Crippen molar-refractivity contribution < 1.29 is 14.4 Å². The van der Waals surface area contributed by atoms with Crippen LogP contribution in [-0.2, 0) is 14.4 Å². The maximum Gasteiger partial charge on any atom is 0.247 e. The number of carbonyl (C=O) groups excluding carboxylic acids is 3. The van der Waals surface area contributed by atoms with Gasteiger partial charge in [0.2, 0.25) is 17.7 Å². The molecule has 1 fully saturated rings. The summed E-state index contributed by atoms with van der Waals surface area (Å²) in [5.41, 5.74) is 1.99. The summed E-state index contributed by atoms with van der Waals surface area (Å²) in [6.07, 6.45) is 0.0991. The lowest BCUT2D eigenvalue weighted by atomic mass is 10.2. The van der Waals surface area contributed by atoms with Crippen LogP contribution in [0.15, 0.2) is 48.5 Å². The molecule has 2 aromatic rings. The summed E-state index contributed by atoms with van der Waals surface area (Å²) in [7, 11) is 0. The molecule has 0 aromatic heterocycles. The molecule has 134 valence electrons. The van der Waals surface area contributed by atoms with Gasteiger partial charge in [-0.2, -0.15) is 0 Å². The van der Waals surface area contributed by atoms with E-state index in [0.29, 0.717) is 16.4 Å². The lowest BCUT2D eigenvalue weighted by Crippen LogP contribution is -2.31. The van der Waals surface area contributed by atoms with Crippen LogP contribution in [0.3, 0.4) is 0 Å². The van der Waals surface area contributed by atoms with E-state index < -0.39 is 5.25 Å². The van der Waals surface area contributed by atoms with Crippen LogP contribution in [0.25, 0.3) is 0 Å². The zero-order chi connectivity index (χ0) is 18.7. The standard InChI is InChI=1S/C19H17ClN2O3S/c1-12-14(20)8-5-9-15(12)21-17(23)11-26-16-10-18(24)22(19(16)25)13-6-3-2-4-7-13/h2-9,16H,10-11H2,1H3,(H,21,23). The summed E-state index contributed by atoms with van der Waals surface area (Å²) >= 11 is 7.22. The van der Waals surface area contributed by atoms with Crippen LogP contribution >= 0.6 is 23.4 Å². The lowest BCUT2D eigenvalue weighted by molar-refractivity contribution is -0.121. The number of benzene rings is 2. The highest BCUT2D eigenvalue weighted by Gasteiger charge is 2.39. The third kappa shape index (κ3) is 3.92. The zero-order valence-corrected chi connectivity index (χ0v) is 15.6. The average molecular weight is 389 g/mol. The summed E-state index contributed by atoms with van der Waals surface area (Å²) in [4.78, 5) is 38.1. The fourth-order valence-electron chi connectivity index (χ4n) is 2.69. The van der Waals surface area contributed by atoms with E-state index in [0.717, 1.165) is 5.56 Å². The Morgan fingerprint density at radius 1 is 1.19 bits per heavy atom. The number of rotatable bonds is 5. The molecule has 1 aliphatic rings. The first kappa shape index (κ1) is 18.5. The SMILES string of the molecule is Cc1c(Cl)cccc1NC(=O)CSC1CC(=O)N(c2ccccc2)C1=O. The summed E-state index contributed by atoms with van der Waals surface area (Å²) in [5.74, 6) is -0.681. The molecule has 2 aromatic carbocycles. The lowest BCUT2D eigenvalue weighted by Gasteiger charge is -2.14. The van der Waals surface area contributed by atoms with E-state index >= 15 is 0 Å². The number of para-hydroxylation sites is 1. The molecule has 0 saturated carbocycles. The number of hydrogen-bond donors (Lipinski definition) is 1. The molecular formula is C19H17ClN2O3S. The van der Waals surface area contributed by atoms with E-state index in [1.54, 1.807) is 42.5 Å². The summed E-state index contributed by atoms with van der Waals surface area (Å²) in [6, 6.07) is 14.1. The Hall–Kier alpha value is -2.31. The van der Waals surface area contributed by atoms with E-state index in [9.17, 15) is 14.4 Å². The van der Waals surface area contributed by atoms with Crippen molar-refractivity contribution in [3.05, 3.63) is 59.1 Å². The average Bonchev–Trinajstić information content (AvgIpc) is 2.91. The van der Waals surface area contributed by atoms with E-state index in [1.807, 2.05) is 13.0 Å². The van der Waals surface area contributed by atoms with Gasteiger partial charge in [0.1, 0.15) is 0 Å². The normalized spacial score (nSPS) is 16.8. The van der Waals surface area contributed by atoms with Gasteiger partial charge < -0.3 is 5.32 Å². The van der Waals surface area contributed by atoms with Gasteiger partial charge in [0, 0.05) is 17.1 Å². The number of imide groups is 1. The number of hydrogen-bond acceptors (Lipinski definition) is 4. The first-order valence-electron chi connectivity index (χ1n) is 8.06. The van der Waals surface area contributed by atoms with Crippen molar-refractivity contribution in [2.24, 2.45) is 0 Å². The van der Waals surface area contributed by atoms with Crippen LogP contribution in [0, 0.1) is 6.92 Å². The van der Waals surface area contributed by atoms with Gasteiger partial charge in [-0.15, -0.1) is 11.8 Å². The quantitative estimate of drug-likeness (QED) is 0.794. The third-order valence-electron chi connectivity index (χ3n) is 4.08. The number of thioether (sulfide) groups is 1. The zero-order valence-electron chi connectivity index (χ0n) is 14.1. The maximum absolute atomic E-state index is 12.5. The molecule has 1 unspecified atom stereocenters. The largest absolute Gasteiger partial charge is 0.325 e. The molecule has 3 amide bonds. The minimum atomic E-state index is -0.547.